The van der Waals surface area contributed by atoms with Gasteiger partial charge in [0.15, 0.2) is 0 Å². The Morgan fingerprint density at radius 1 is 1.11 bits per heavy atom. The highest BCUT2D eigenvalue weighted by atomic mass is 19.1. The van der Waals surface area contributed by atoms with E-state index in [1.54, 1.807) is 0 Å². The first-order valence-corrected chi connectivity index (χ1v) is 11.1. The SMILES string of the molecule is C=C(C(N)=O)c1cc(F)ccc1Oc1ccnc(Nc2ccc(N3CCN(CCF)CC3)cc2)n1. The molecule has 0 bridgehead atoms. The topological polar surface area (TPSA) is 96.6 Å². The summed E-state index contributed by atoms with van der Waals surface area (Å²) in [5.41, 5.74) is 7.24. The van der Waals surface area contributed by atoms with Gasteiger partial charge in [-0.1, -0.05) is 6.58 Å². The van der Waals surface area contributed by atoms with Crippen LogP contribution in [0.3, 0.4) is 0 Å². The highest BCUT2D eigenvalue weighted by Crippen LogP contribution is 2.30. The molecule has 1 saturated heterocycles. The van der Waals surface area contributed by atoms with Gasteiger partial charge in [0.1, 0.15) is 18.2 Å². The number of amides is 1. The maximum absolute atomic E-state index is 13.7. The summed E-state index contributed by atoms with van der Waals surface area (Å²) in [6.07, 6.45) is 1.52. The van der Waals surface area contributed by atoms with Gasteiger partial charge in [-0.25, -0.2) is 13.8 Å². The van der Waals surface area contributed by atoms with Crippen molar-refractivity contribution in [2.75, 3.05) is 49.6 Å². The number of ether oxygens (including phenoxy) is 1. The average molecular weight is 481 g/mol. The lowest BCUT2D eigenvalue weighted by molar-refractivity contribution is -0.112. The van der Waals surface area contributed by atoms with Crippen molar-refractivity contribution in [3.63, 3.8) is 0 Å². The number of nitrogens with two attached hydrogens (primary N) is 1. The van der Waals surface area contributed by atoms with E-state index < -0.39 is 11.7 Å². The predicted molar refractivity (Wildman–Crippen MR) is 131 cm³/mol. The van der Waals surface area contributed by atoms with Crippen molar-refractivity contribution in [2.24, 2.45) is 5.73 Å². The largest absolute Gasteiger partial charge is 0.438 e. The Kier molecular flexibility index (Phi) is 7.51. The molecule has 2 heterocycles. The zero-order valence-corrected chi connectivity index (χ0v) is 19.1. The minimum atomic E-state index is -0.782. The summed E-state index contributed by atoms with van der Waals surface area (Å²) >= 11 is 0. The Bertz CT molecular complexity index is 1200. The molecule has 0 radical (unpaired) electrons. The summed E-state index contributed by atoms with van der Waals surface area (Å²) in [7, 11) is 0. The molecule has 3 aromatic rings. The molecular weight excluding hydrogens is 454 g/mol. The van der Waals surface area contributed by atoms with Crippen LogP contribution in [0.1, 0.15) is 5.56 Å². The number of piperazine rings is 1. The Hall–Kier alpha value is -4.05. The van der Waals surface area contributed by atoms with E-state index in [0.29, 0.717) is 12.5 Å². The van der Waals surface area contributed by atoms with Gasteiger partial charge in [-0.3, -0.25) is 9.69 Å². The van der Waals surface area contributed by atoms with Gasteiger partial charge in [0, 0.05) is 67.5 Å². The van der Waals surface area contributed by atoms with Crippen molar-refractivity contribution in [1.29, 1.82) is 0 Å². The van der Waals surface area contributed by atoms with E-state index in [1.807, 2.05) is 24.3 Å². The van der Waals surface area contributed by atoms with Crippen molar-refractivity contribution in [2.45, 2.75) is 0 Å². The number of nitrogens with zero attached hydrogens (tertiary/aromatic N) is 4. The number of rotatable bonds is 9. The third-order valence-corrected chi connectivity index (χ3v) is 5.67. The minimum Gasteiger partial charge on any atom is -0.438 e. The number of nitrogens with one attached hydrogen (secondary N) is 1. The van der Waals surface area contributed by atoms with Crippen LogP contribution in [0.15, 0.2) is 61.3 Å². The van der Waals surface area contributed by atoms with E-state index in [4.69, 9.17) is 10.5 Å². The standard InChI is InChI=1S/C25H26F2N6O2/c1-17(24(28)34)21-16-18(27)2-7-22(21)35-23-8-10-29-25(31-23)30-19-3-5-20(6-4-19)33-14-12-32(11-9-26)13-15-33/h2-8,10,16H,1,9,11-15H2,(H2,28,34)(H,29,30,31). The van der Waals surface area contributed by atoms with Crippen LogP contribution in [0, 0.1) is 5.82 Å². The van der Waals surface area contributed by atoms with Gasteiger partial charge >= 0.3 is 0 Å². The molecule has 1 amide bonds. The van der Waals surface area contributed by atoms with Gasteiger partial charge in [-0.2, -0.15) is 4.98 Å². The summed E-state index contributed by atoms with van der Waals surface area (Å²) < 4.78 is 32.0. The second kappa shape index (κ2) is 10.9. The molecule has 35 heavy (non-hydrogen) atoms. The summed E-state index contributed by atoms with van der Waals surface area (Å²) in [4.78, 5) is 24.5. The van der Waals surface area contributed by atoms with Crippen LogP contribution in [0.25, 0.3) is 5.57 Å². The van der Waals surface area contributed by atoms with E-state index >= 15 is 0 Å². The molecule has 3 N–H and O–H groups in total. The number of alkyl halides is 1. The molecule has 1 aliphatic heterocycles. The first kappa shape index (κ1) is 24.1. The highest BCUT2D eigenvalue weighted by Gasteiger charge is 2.17. The minimum absolute atomic E-state index is 0.0733. The number of hydrogen-bond donors (Lipinski definition) is 2. The molecule has 10 heteroatoms. The Morgan fingerprint density at radius 2 is 1.86 bits per heavy atom. The average Bonchev–Trinajstić information content (AvgIpc) is 2.86. The summed E-state index contributed by atoms with van der Waals surface area (Å²) in [5, 5.41) is 3.13. The normalized spacial score (nSPS) is 13.9. The van der Waals surface area contributed by atoms with Gasteiger partial charge in [0.25, 0.3) is 0 Å². The van der Waals surface area contributed by atoms with Gasteiger partial charge in [-0.05, 0) is 42.5 Å². The van der Waals surface area contributed by atoms with Crippen molar-refractivity contribution < 1.29 is 18.3 Å². The van der Waals surface area contributed by atoms with Crippen molar-refractivity contribution in [1.82, 2.24) is 14.9 Å². The summed E-state index contributed by atoms with van der Waals surface area (Å²) in [6, 6.07) is 13.1. The van der Waals surface area contributed by atoms with E-state index in [-0.39, 0.29) is 29.4 Å². The number of carbonyl (C=O) groups excluding carboxylic acids is 1. The number of anilines is 3. The number of aromatic nitrogens is 2. The second-order valence-electron chi connectivity index (χ2n) is 7.99. The molecule has 8 nitrogen and oxygen atoms in total. The van der Waals surface area contributed by atoms with E-state index in [2.05, 4.69) is 31.7 Å². The van der Waals surface area contributed by atoms with Crippen LogP contribution >= 0.6 is 0 Å². The fourth-order valence-corrected chi connectivity index (χ4v) is 3.77. The molecule has 0 atom stereocenters. The number of halogens is 2. The number of primary amides is 1. The Labute approximate surface area is 202 Å². The van der Waals surface area contributed by atoms with Crippen LogP contribution in [0.5, 0.6) is 11.6 Å². The highest BCUT2D eigenvalue weighted by molar-refractivity contribution is 6.18. The summed E-state index contributed by atoms with van der Waals surface area (Å²) in [5.74, 6) is -0.654. The molecule has 0 saturated carbocycles. The molecule has 1 aliphatic rings. The molecule has 0 aliphatic carbocycles. The number of hydrogen-bond acceptors (Lipinski definition) is 7. The third-order valence-electron chi connectivity index (χ3n) is 5.67. The Balaban J connectivity index is 1.42. The zero-order valence-electron chi connectivity index (χ0n) is 19.1. The van der Waals surface area contributed by atoms with Crippen LogP contribution in [0.4, 0.5) is 26.1 Å². The lowest BCUT2D eigenvalue weighted by Gasteiger charge is -2.35. The van der Waals surface area contributed by atoms with Crippen LogP contribution in [-0.2, 0) is 4.79 Å². The fourth-order valence-electron chi connectivity index (χ4n) is 3.77. The maximum atomic E-state index is 13.7. The molecule has 4 rings (SSSR count). The first-order chi connectivity index (χ1) is 16.9. The lowest BCUT2D eigenvalue weighted by atomic mass is 10.1. The molecule has 182 valence electrons. The van der Waals surface area contributed by atoms with Crippen molar-refractivity contribution in [3.8, 4) is 11.6 Å². The van der Waals surface area contributed by atoms with E-state index in [1.165, 1.54) is 24.4 Å². The van der Waals surface area contributed by atoms with Gasteiger partial charge in [0.2, 0.25) is 17.7 Å². The van der Waals surface area contributed by atoms with Crippen LogP contribution in [-0.4, -0.2) is 60.2 Å². The van der Waals surface area contributed by atoms with Gasteiger partial charge in [0.05, 0.1) is 0 Å². The van der Waals surface area contributed by atoms with E-state index in [0.717, 1.165) is 43.6 Å². The van der Waals surface area contributed by atoms with E-state index in [9.17, 15) is 13.6 Å². The second-order valence-corrected chi connectivity index (χ2v) is 7.99. The monoisotopic (exact) mass is 480 g/mol. The Morgan fingerprint density at radius 3 is 2.54 bits per heavy atom. The smallest absolute Gasteiger partial charge is 0.248 e. The maximum Gasteiger partial charge on any atom is 0.248 e. The molecule has 1 fully saturated rings. The molecule has 0 spiro atoms. The fraction of sp³-hybridized carbons (Fsp3) is 0.240. The van der Waals surface area contributed by atoms with Crippen molar-refractivity contribution >= 4 is 28.8 Å². The molecule has 2 aromatic carbocycles. The van der Waals surface area contributed by atoms with Crippen molar-refractivity contribution in [3.05, 3.63) is 72.7 Å². The predicted octanol–water partition coefficient (Wildman–Crippen LogP) is 3.74. The summed E-state index contributed by atoms with van der Waals surface area (Å²) in [6.45, 7) is 7.16. The lowest BCUT2D eigenvalue weighted by Crippen LogP contribution is -2.47. The molecule has 0 unspecified atom stereocenters. The molecular formula is C25H26F2N6O2. The van der Waals surface area contributed by atoms with Crippen LogP contribution in [0.2, 0.25) is 0 Å². The first-order valence-electron chi connectivity index (χ1n) is 11.1. The zero-order chi connectivity index (χ0) is 24.8. The quantitative estimate of drug-likeness (QED) is 0.451. The number of carbonyl (C=O) groups is 1. The number of benzene rings is 2. The van der Waals surface area contributed by atoms with Gasteiger partial charge in [-0.15, -0.1) is 0 Å². The van der Waals surface area contributed by atoms with Gasteiger partial charge < -0.3 is 20.7 Å². The van der Waals surface area contributed by atoms with Crippen LogP contribution < -0.4 is 20.7 Å². The molecule has 1 aromatic heterocycles. The third kappa shape index (κ3) is 6.10.